The smallest absolute Gasteiger partial charge is 0.180 e. The second-order valence-electron chi connectivity index (χ2n) is 6.46. The summed E-state index contributed by atoms with van der Waals surface area (Å²) in [6.45, 7) is 3.12. The lowest BCUT2D eigenvalue weighted by atomic mass is 10.2. The van der Waals surface area contributed by atoms with Gasteiger partial charge in [-0.3, -0.25) is 0 Å². The standard InChI is InChI=1S/C23H22Cl2FNO3/c1-3-29-22-11-16(13-27-18-8-9-21(28-2)19(24)12-18)10-20(25)23(22)30-14-15-4-6-17(26)7-5-15/h4-12,27H,3,13-14H2,1-2H3. The maximum Gasteiger partial charge on any atom is 0.180 e. The van der Waals surface area contributed by atoms with E-state index in [1.807, 2.05) is 25.1 Å². The topological polar surface area (TPSA) is 39.7 Å². The first-order valence-electron chi connectivity index (χ1n) is 9.40. The molecule has 3 aromatic rings. The van der Waals surface area contributed by atoms with Crippen LogP contribution in [0.25, 0.3) is 0 Å². The quantitative estimate of drug-likeness (QED) is 0.392. The highest BCUT2D eigenvalue weighted by Gasteiger charge is 2.13. The molecular weight excluding hydrogens is 428 g/mol. The molecule has 0 unspecified atom stereocenters. The van der Waals surface area contributed by atoms with Crippen molar-refractivity contribution in [3.63, 3.8) is 0 Å². The third kappa shape index (κ3) is 5.71. The number of methoxy groups -OCH3 is 1. The minimum Gasteiger partial charge on any atom is -0.495 e. The van der Waals surface area contributed by atoms with Gasteiger partial charge in [-0.05, 0) is 60.5 Å². The minimum absolute atomic E-state index is 0.252. The van der Waals surface area contributed by atoms with Crippen molar-refractivity contribution in [2.24, 2.45) is 0 Å². The second kappa shape index (κ2) is 10.4. The SMILES string of the molecule is CCOc1cc(CNc2ccc(OC)c(Cl)c2)cc(Cl)c1OCc1ccc(F)cc1. The zero-order chi connectivity index (χ0) is 21.5. The first kappa shape index (κ1) is 22.1. The van der Waals surface area contributed by atoms with E-state index in [0.717, 1.165) is 16.8 Å². The molecule has 158 valence electrons. The number of ether oxygens (including phenoxy) is 3. The molecule has 0 spiro atoms. The van der Waals surface area contributed by atoms with E-state index in [4.69, 9.17) is 37.4 Å². The van der Waals surface area contributed by atoms with Crippen LogP contribution in [0.5, 0.6) is 17.2 Å². The summed E-state index contributed by atoms with van der Waals surface area (Å²) < 4.78 is 29.9. The molecule has 7 heteroatoms. The van der Waals surface area contributed by atoms with Crippen molar-refractivity contribution in [2.45, 2.75) is 20.1 Å². The molecule has 3 rings (SSSR count). The van der Waals surface area contributed by atoms with Crippen LogP contribution in [0.3, 0.4) is 0 Å². The molecule has 0 amide bonds. The number of hydrogen-bond acceptors (Lipinski definition) is 4. The van der Waals surface area contributed by atoms with Crippen LogP contribution in [-0.4, -0.2) is 13.7 Å². The minimum atomic E-state index is -0.290. The fourth-order valence-electron chi connectivity index (χ4n) is 2.84. The highest BCUT2D eigenvalue weighted by Crippen LogP contribution is 2.37. The normalized spacial score (nSPS) is 10.6. The number of hydrogen-bond donors (Lipinski definition) is 1. The monoisotopic (exact) mass is 449 g/mol. The molecule has 0 bridgehead atoms. The van der Waals surface area contributed by atoms with E-state index in [2.05, 4.69) is 5.32 Å². The van der Waals surface area contributed by atoms with E-state index in [1.165, 1.54) is 12.1 Å². The predicted molar refractivity (Wildman–Crippen MR) is 119 cm³/mol. The van der Waals surface area contributed by atoms with Gasteiger partial charge in [0.25, 0.3) is 0 Å². The molecule has 0 heterocycles. The largest absolute Gasteiger partial charge is 0.495 e. The maximum atomic E-state index is 13.1. The van der Waals surface area contributed by atoms with E-state index in [1.54, 1.807) is 31.4 Å². The van der Waals surface area contributed by atoms with Crippen molar-refractivity contribution in [1.29, 1.82) is 0 Å². The highest BCUT2D eigenvalue weighted by molar-refractivity contribution is 6.32. The third-order valence-corrected chi connectivity index (χ3v) is 4.89. The summed E-state index contributed by atoms with van der Waals surface area (Å²) in [6, 6.07) is 15.3. The van der Waals surface area contributed by atoms with Gasteiger partial charge in [0.15, 0.2) is 11.5 Å². The average Bonchev–Trinajstić information content (AvgIpc) is 2.73. The van der Waals surface area contributed by atoms with Crippen molar-refractivity contribution < 1.29 is 18.6 Å². The van der Waals surface area contributed by atoms with Gasteiger partial charge in [0.2, 0.25) is 0 Å². The molecule has 1 N–H and O–H groups in total. The van der Waals surface area contributed by atoms with Gasteiger partial charge in [0.05, 0.1) is 23.8 Å². The summed E-state index contributed by atoms with van der Waals surface area (Å²) in [5.41, 5.74) is 2.60. The van der Waals surface area contributed by atoms with Crippen LogP contribution in [-0.2, 0) is 13.2 Å². The zero-order valence-electron chi connectivity index (χ0n) is 16.7. The van der Waals surface area contributed by atoms with Crippen LogP contribution in [0, 0.1) is 5.82 Å². The molecule has 0 atom stereocenters. The van der Waals surface area contributed by atoms with Crippen molar-refractivity contribution in [1.82, 2.24) is 0 Å². The Kier molecular flexibility index (Phi) is 7.66. The Bertz CT molecular complexity index is 996. The summed E-state index contributed by atoms with van der Waals surface area (Å²) in [5, 5.41) is 4.27. The van der Waals surface area contributed by atoms with Crippen LogP contribution in [0.1, 0.15) is 18.1 Å². The third-order valence-electron chi connectivity index (χ3n) is 4.31. The molecule has 3 aromatic carbocycles. The highest BCUT2D eigenvalue weighted by atomic mass is 35.5. The van der Waals surface area contributed by atoms with E-state index in [9.17, 15) is 4.39 Å². The van der Waals surface area contributed by atoms with Gasteiger partial charge in [-0.15, -0.1) is 0 Å². The van der Waals surface area contributed by atoms with Crippen molar-refractivity contribution in [3.8, 4) is 17.2 Å². The Labute approximate surface area is 185 Å². The lowest BCUT2D eigenvalue weighted by Crippen LogP contribution is -2.04. The van der Waals surface area contributed by atoms with Crippen LogP contribution >= 0.6 is 23.2 Å². The Balaban J connectivity index is 1.73. The molecular formula is C23H22Cl2FNO3. The molecule has 0 aliphatic carbocycles. The summed E-state index contributed by atoms with van der Waals surface area (Å²) in [5.74, 6) is 1.34. The van der Waals surface area contributed by atoms with E-state index in [0.29, 0.717) is 40.4 Å². The lowest BCUT2D eigenvalue weighted by molar-refractivity contribution is 0.269. The van der Waals surface area contributed by atoms with Gasteiger partial charge in [-0.1, -0.05) is 35.3 Å². The average molecular weight is 450 g/mol. The predicted octanol–water partition coefficient (Wildman–Crippen LogP) is 6.73. The van der Waals surface area contributed by atoms with Gasteiger partial charge in [-0.2, -0.15) is 0 Å². The van der Waals surface area contributed by atoms with E-state index >= 15 is 0 Å². The van der Waals surface area contributed by atoms with Crippen molar-refractivity contribution in [2.75, 3.05) is 19.0 Å². The van der Waals surface area contributed by atoms with Gasteiger partial charge >= 0.3 is 0 Å². The molecule has 4 nitrogen and oxygen atoms in total. The fourth-order valence-corrected chi connectivity index (χ4v) is 3.39. The fraction of sp³-hybridized carbons (Fsp3) is 0.217. The molecule has 0 saturated carbocycles. The first-order valence-corrected chi connectivity index (χ1v) is 10.2. The second-order valence-corrected chi connectivity index (χ2v) is 7.27. The van der Waals surface area contributed by atoms with Gasteiger partial charge < -0.3 is 19.5 Å². The molecule has 0 saturated heterocycles. The Morgan fingerprint density at radius 2 is 1.63 bits per heavy atom. The number of rotatable bonds is 9. The zero-order valence-corrected chi connectivity index (χ0v) is 18.2. The van der Waals surface area contributed by atoms with Gasteiger partial charge in [0, 0.05) is 12.2 Å². The molecule has 30 heavy (non-hydrogen) atoms. The number of anilines is 1. The molecule has 0 radical (unpaired) electrons. The Hall–Kier alpha value is -2.63. The number of nitrogens with one attached hydrogen (secondary N) is 1. The van der Waals surface area contributed by atoms with Crippen molar-refractivity contribution in [3.05, 3.63) is 81.6 Å². The van der Waals surface area contributed by atoms with Crippen LogP contribution in [0.4, 0.5) is 10.1 Å². The van der Waals surface area contributed by atoms with Crippen LogP contribution < -0.4 is 19.5 Å². The van der Waals surface area contributed by atoms with E-state index in [-0.39, 0.29) is 12.4 Å². The lowest BCUT2D eigenvalue weighted by Gasteiger charge is -2.16. The molecule has 0 fully saturated rings. The summed E-state index contributed by atoms with van der Waals surface area (Å²) in [4.78, 5) is 0. The summed E-state index contributed by atoms with van der Waals surface area (Å²) in [6.07, 6.45) is 0. The molecule has 0 aromatic heterocycles. The van der Waals surface area contributed by atoms with Crippen molar-refractivity contribution >= 4 is 28.9 Å². The number of halogens is 3. The Morgan fingerprint density at radius 3 is 2.30 bits per heavy atom. The summed E-state index contributed by atoms with van der Waals surface area (Å²) in [7, 11) is 1.57. The molecule has 0 aliphatic heterocycles. The van der Waals surface area contributed by atoms with Gasteiger partial charge in [0.1, 0.15) is 18.2 Å². The van der Waals surface area contributed by atoms with Crippen LogP contribution in [0.2, 0.25) is 10.0 Å². The summed E-state index contributed by atoms with van der Waals surface area (Å²) >= 11 is 12.7. The van der Waals surface area contributed by atoms with E-state index < -0.39 is 0 Å². The molecule has 0 aliphatic rings. The van der Waals surface area contributed by atoms with Gasteiger partial charge in [-0.25, -0.2) is 4.39 Å². The number of benzene rings is 3. The Morgan fingerprint density at radius 1 is 0.867 bits per heavy atom. The van der Waals surface area contributed by atoms with Crippen LogP contribution in [0.15, 0.2) is 54.6 Å². The first-order chi connectivity index (χ1) is 14.5. The maximum absolute atomic E-state index is 13.1.